The quantitative estimate of drug-likeness (QED) is 0.828. The van der Waals surface area contributed by atoms with Gasteiger partial charge in [0.05, 0.1) is 6.42 Å². The number of rotatable bonds is 4. The topological polar surface area (TPSA) is 59.2 Å². The fraction of sp³-hybridized carbons (Fsp3) is 0.786. The van der Waals surface area contributed by atoms with Gasteiger partial charge in [0.15, 0.2) is 5.82 Å². The Bertz CT molecular complexity index is 489. The molecular weight excluding hydrogens is 242 g/mol. The van der Waals surface area contributed by atoms with E-state index in [1.807, 2.05) is 4.90 Å². The van der Waals surface area contributed by atoms with Crippen molar-refractivity contribution >= 4 is 5.91 Å². The molecule has 2 aliphatic carbocycles. The predicted molar refractivity (Wildman–Crippen MR) is 67.4 cm³/mol. The Kier molecular flexibility index (Phi) is 2.60. The Morgan fingerprint density at radius 2 is 2.11 bits per heavy atom. The van der Waals surface area contributed by atoms with Crippen molar-refractivity contribution in [1.82, 2.24) is 15.0 Å². The Morgan fingerprint density at radius 3 is 2.84 bits per heavy atom. The summed E-state index contributed by atoms with van der Waals surface area (Å²) in [6.07, 6.45) is 6.48. The van der Waals surface area contributed by atoms with Crippen molar-refractivity contribution in [1.29, 1.82) is 0 Å². The molecule has 2 saturated carbocycles. The van der Waals surface area contributed by atoms with E-state index in [0.717, 1.165) is 43.7 Å². The highest BCUT2D eigenvalue weighted by atomic mass is 16.5. The van der Waals surface area contributed by atoms with Gasteiger partial charge >= 0.3 is 0 Å². The lowest BCUT2D eigenvalue weighted by Gasteiger charge is -2.13. The summed E-state index contributed by atoms with van der Waals surface area (Å²) in [6, 6.07) is 0. The largest absolute Gasteiger partial charge is 0.342 e. The number of amides is 1. The SMILES string of the molecule is O=C(Cc1noc(C2CC2C2CC2)n1)N1CCCC1. The molecule has 0 aromatic carbocycles. The van der Waals surface area contributed by atoms with E-state index in [2.05, 4.69) is 10.1 Å². The van der Waals surface area contributed by atoms with Crippen LogP contribution in [0.2, 0.25) is 0 Å². The maximum atomic E-state index is 12.0. The zero-order valence-electron chi connectivity index (χ0n) is 11.0. The zero-order chi connectivity index (χ0) is 12.8. The second kappa shape index (κ2) is 4.32. The summed E-state index contributed by atoms with van der Waals surface area (Å²) < 4.78 is 5.33. The average molecular weight is 261 g/mol. The monoisotopic (exact) mass is 261 g/mol. The molecule has 1 saturated heterocycles. The van der Waals surface area contributed by atoms with Crippen molar-refractivity contribution < 1.29 is 9.32 Å². The second-order valence-corrected chi connectivity index (χ2v) is 6.16. The number of aromatic nitrogens is 2. The fourth-order valence-electron chi connectivity index (χ4n) is 3.25. The van der Waals surface area contributed by atoms with E-state index in [4.69, 9.17) is 4.52 Å². The molecule has 0 radical (unpaired) electrons. The van der Waals surface area contributed by atoms with Gasteiger partial charge < -0.3 is 9.42 Å². The normalized spacial score (nSPS) is 29.8. The van der Waals surface area contributed by atoms with Crippen LogP contribution >= 0.6 is 0 Å². The number of nitrogens with zero attached hydrogens (tertiary/aromatic N) is 3. The van der Waals surface area contributed by atoms with Crippen molar-refractivity contribution in [2.45, 2.75) is 44.4 Å². The van der Waals surface area contributed by atoms with E-state index in [9.17, 15) is 4.79 Å². The minimum absolute atomic E-state index is 0.138. The number of carbonyl (C=O) groups excluding carboxylic acids is 1. The summed E-state index contributed by atoms with van der Waals surface area (Å²) >= 11 is 0. The van der Waals surface area contributed by atoms with E-state index in [1.165, 1.54) is 19.3 Å². The van der Waals surface area contributed by atoms with E-state index < -0.39 is 0 Å². The van der Waals surface area contributed by atoms with Crippen LogP contribution in [0, 0.1) is 11.8 Å². The van der Waals surface area contributed by atoms with Gasteiger partial charge in [-0.2, -0.15) is 4.98 Å². The van der Waals surface area contributed by atoms with E-state index in [0.29, 0.717) is 18.2 Å². The molecule has 19 heavy (non-hydrogen) atoms. The van der Waals surface area contributed by atoms with Gasteiger partial charge in [-0.15, -0.1) is 0 Å². The van der Waals surface area contributed by atoms with Gasteiger partial charge in [-0.1, -0.05) is 5.16 Å². The lowest BCUT2D eigenvalue weighted by molar-refractivity contribution is -0.129. The molecule has 1 aliphatic heterocycles. The molecule has 3 aliphatic rings. The zero-order valence-corrected chi connectivity index (χ0v) is 11.0. The van der Waals surface area contributed by atoms with Crippen LogP contribution < -0.4 is 0 Å². The molecule has 1 aromatic rings. The predicted octanol–water partition coefficient (Wildman–Crippen LogP) is 1.75. The number of carbonyl (C=O) groups is 1. The summed E-state index contributed by atoms with van der Waals surface area (Å²) in [7, 11) is 0. The maximum Gasteiger partial charge on any atom is 0.230 e. The number of hydrogen-bond acceptors (Lipinski definition) is 4. The van der Waals surface area contributed by atoms with E-state index in [1.54, 1.807) is 0 Å². The van der Waals surface area contributed by atoms with E-state index in [-0.39, 0.29) is 5.91 Å². The summed E-state index contributed by atoms with van der Waals surface area (Å²) in [6.45, 7) is 1.77. The highest BCUT2D eigenvalue weighted by Gasteiger charge is 2.50. The molecule has 0 bridgehead atoms. The van der Waals surface area contributed by atoms with Crippen molar-refractivity contribution in [3.8, 4) is 0 Å². The second-order valence-electron chi connectivity index (χ2n) is 6.16. The summed E-state index contributed by atoms with van der Waals surface area (Å²) in [5.41, 5.74) is 0. The van der Waals surface area contributed by atoms with Crippen LogP contribution in [0.15, 0.2) is 4.52 Å². The van der Waals surface area contributed by atoms with Crippen LogP contribution in [0.1, 0.15) is 49.7 Å². The fourth-order valence-corrected chi connectivity index (χ4v) is 3.25. The molecule has 1 aromatic heterocycles. The molecule has 5 heteroatoms. The summed E-state index contributed by atoms with van der Waals surface area (Å²) in [4.78, 5) is 18.3. The molecule has 2 heterocycles. The third kappa shape index (κ3) is 2.26. The van der Waals surface area contributed by atoms with Gasteiger partial charge in [-0.05, 0) is 43.9 Å². The molecule has 4 rings (SSSR count). The molecule has 5 nitrogen and oxygen atoms in total. The third-order valence-electron chi connectivity index (χ3n) is 4.64. The Balaban J connectivity index is 1.37. The van der Waals surface area contributed by atoms with Crippen LogP contribution in [0.5, 0.6) is 0 Å². The highest BCUT2D eigenvalue weighted by molar-refractivity contribution is 5.78. The third-order valence-corrected chi connectivity index (χ3v) is 4.64. The molecule has 0 N–H and O–H groups in total. The van der Waals surface area contributed by atoms with Crippen LogP contribution in [0.25, 0.3) is 0 Å². The highest BCUT2D eigenvalue weighted by Crippen LogP contribution is 2.58. The molecule has 2 atom stereocenters. The van der Waals surface area contributed by atoms with Crippen molar-refractivity contribution in [2.75, 3.05) is 13.1 Å². The smallest absolute Gasteiger partial charge is 0.230 e. The van der Waals surface area contributed by atoms with E-state index >= 15 is 0 Å². The average Bonchev–Trinajstić information content (AvgIpc) is 3.29. The molecular formula is C14H19N3O2. The Morgan fingerprint density at radius 1 is 1.32 bits per heavy atom. The van der Waals surface area contributed by atoms with Gasteiger partial charge in [0.2, 0.25) is 11.8 Å². The number of likely N-dealkylation sites (tertiary alicyclic amines) is 1. The first-order valence-corrected chi connectivity index (χ1v) is 7.41. The summed E-state index contributed by atoms with van der Waals surface area (Å²) in [5, 5.41) is 3.97. The number of hydrogen-bond donors (Lipinski definition) is 0. The van der Waals surface area contributed by atoms with Crippen LogP contribution in [-0.2, 0) is 11.2 Å². The Labute approximate surface area is 112 Å². The summed E-state index contributed by atoms with van der Waals surface area (Å²) in [5.74, 6) is 3.64. The maximum absolute atomic E-state index is 12.0. The Hall–Kier alpha value is -1.39. The van der Waals surface area contributed by atoms with Gasteiger partial charge in [0.1, 0.15) is 0 Å². The van der Waals surface area contributed by atoms with Gasteiger partial charge in [-0.25, -0.2) is 0 Å². The first kappa shape index (κ1) is 11.4. The first-order valence-electron chi connectivity index (χ1n) is 7.41. The standard InChI is InChI=1S/C14H19N3O2/c18-13(17-5-1-2-6-17)8-12-15-14(19-16-12)11-7-10(11)9-3-4-9/h9-11H,1-8H2. The van der Waals surface area contributed by atoms with Crippen LogP contribution in [-0.4, -0.2) is 34.0 Å². The molecule has 3 fully saturated rings. The minimum Gasteiger partial charge on any atom is -0.342 e. The molecule has 2 unspecified atom stereocenters. The lowest BCUT2D eigenvalue weighted by Crippen LogP contribution is -2.29. The van der Waals surface area contributed by atoms with Crippen molar-refractivity contribution in [3.63, 3.8) is 0 Å². The van der Waals surface area contributed by atoms with Gasteiger partial charge in [0, 0.05) is 19.0 Å². The molecule has 0 spiro atoms. The van der Waals surface area contributed by atoms with Gasteiger partial charge in [0.25, 0.3) is 0 Å². The minimum atomic E-state index is 0.138. The molecule has 102 valence electrons. The van der Waals surface area contributed by atoms with Crippen LogP contribution in [0.4, 0.5) is 0 Å². The van der Waals surface area contributed by atoms with Crippen LogP contribution in [0.3, 0.4) is 0 Å². The molecule has 1 amide bonds. The van der Waals surface area contributed by atoms with Gasteiger partial charge in [-0.3, -0.25) is 4.79 Å². The lowest BCUT2D eigenvalue weighted by atomic mass is 10.2. The van der Waals surface area contributed by atoms with Crippen molar-refractivity contribution in [2.24, 2.45) is 11.8 Å². The van der Waals surface area contributed by atoms with Crippen molar-refractivity contribution in [3.05, 3.63) is 11.7 Å². The first-order chi connectivity index (χ1) is 9.31.